The number of halogens is 2. The van der Waals surface area contributed by atoms with E-state index in [4.69, 9.17) is 0 Å². The minimum atomic E-state index is -2.91. The molecule has 2 N–H and O–H groups in total. The summed E-state index contributed by atoms with van der Waals surface area (Å²) in [6, 6.07) is 4.50. The van der Waals surface area contributed by atoms with E-state index in [1.165, 1.54) is 6.07 Å². The molecule has 0 saturated carbocycles. The largest absolute Gasteiger partial charge is 0.434 e. The highest BCUT2D eigenvalue weighted by Gasteiger charge is 2.15. The molecule has 1 amide bonds. The van der Waals surface area contributed by atoms with Crippen molar-refractivity contribution >= 4 is 11.6 Å². The summed E-state index contributed by atoms with van der Waals surface area (Å²) in [6.45, 7) is 2.32. The van der Waals surface area contributed by atoms with E-state index in [9.17, 15) is 18.7 Å². The lowest BCUT2D eigenvalue weighted by atomic mass is 10.0. The number of carbonyl (C=O) groups is 1. The molecular weight excluding hydrogens is 268 g/mol. The van der Waals surface area contributed by atoms with Gasteiger partial charge in [0.05, 0.1) is 12.5 Å². The van der Waals surface area contributed by atoms with Gasteiger partial charge in [-0.2, -0.15) is 8.78 Å². The molecular formula is C14H19F2NO3. The van der Waals surface area contributed by atoms with Crippen molar-refractivity contribution in [2.45, 2.75) is 39.9 Å². The molecule has 0 heterocycles. The standard InChI is InChI=1S/C14H19F2NO3/c1-8(2)11(18)7-13(19)17-10-5-4-9(3)12(6-10)20-14(15)16/h4-6,8,11,14,18H,7H2,1-3H3,(H,17,19). The molecule has 0 bridgehead atoms. The molecule has 1 aromatic rings. The van der Waals surface area contributed by atoms with E-state index >= 15 is 0 Å². The van der Waals surface area contributed by atoms with Gasteiger partial charge in [0.15, 0.2) is 0 Å². The highest BCUT2D eigenvalue weighted by molar-refractivity contribution is 5.91. The zero-order chi connectivity index (χ0) is 15.3. The number of anilines is 1. The van der Waals surface area contributed by atoms with Crippen LogP contribution in [0.5, 0.6) is 5.75 Å². The van der Waals surface area contributed by atoms with Crippen molar-refractivity contribution in [1.29, 1.82) is 0 Å². The Morgan fingerprint density at radius 2 is 2.05 bits per heavy atom. The third-order valence-corrected chi connectivity index (χ3v) is 2.85. The number of carbonyl (C=O) groups excluding carboxylic acids is 1. The lowest BCUT2D eigenvalue weighted by molar-refractivity contribution is -0.118. The molecule has 1 aromatic carbocycles. The van der Waals surface area contributed by atoms with Gasteiger partial charge < -0.3 is 15.2 Å². The van der Waals surface area contributed by atoms with Crippen molar-refractivity contribution in [3.63, 3.8) is 0 Å². The van der Waals surface area contributed by atoms with Gasteiger partial charge in [-0.15, -0.1) is 0 Å². The SMILES string of the molecule is Cc1ccc(NC(=O)CC(O)C(C)C)cc1OC(F)F. The number of ether oxygens (including phenoxy) is 1. The Kier molecular flexibility index (Phi) is 5.88. The summed E-state index contributed by atoms with van der Waals surface area (Å²) in [5, 5.41) is 12.2. The lowest BCUT2D eigenvalue weighted by Crippen LogP contribution is -2.23. The van der Waals surface area contributed by atoms with Crippen LogP contribution in [0.3, 0.4) is 0 Å². The lowest BCUT2D eigenvalue weighted by Gasteiger charge is -2.15. The second-order valence-corrected chi connectivity index (χ2v) is 4.92. The van der Waals surface area contributed by atoms with Gasteiger partial charge in [-0.3, -0.25) is 4.79 Å². The van der Waals surface area contributed by atoms with Crippen molar-refractivity contribution in [3.8, 4) is 5.75 Å². The van der Waals surface area contributed by atoms with Crippen LogP contribution in [0.1, 0.15) is 25.8 Å². The summed E-state index contributed by atoms with van der Waals surface area (Å²) in [7, 11) is 0. The fourth-order valence-electron chi connectivity index (χ4n) is 1.54. The first kappa shape index (κ1) is 16.4. The second kappa shape index (κ2) is 7.19. The van der Waals surface area contributed by atoms with E-state index in [1.54, 1.807) is 32.9 Å². The molecule has 0 fully saturated rings. The molecule has 0 aliphatic carbocycles. The van der Waals surface area contributed by atoms with Crippen molar-refractivity contribution < 1.29 is 23.4 Å². The van der Waals surface area contributed by atoms with Crippen LogP contribution in [-0.2, 0) is 4.79 Å². The van der Waals surface area contributed by atoms with E-state index in [2.05, 4.69) is 10.1 Å². The fraction of sp³-hybridized carbons (Fsp3) is 0.500. The van der Waals surface area contributed by atoms with Crippen LogP contribution in [0.15, 0.2) is 18.2 Å². The third kappa shape index (κ3) is 5.13. The predicted molar refractivity (Wildman–Crippen MR) is 71.9 cm³/mol. The number of aliphatic hydroxyl groups excluding tert-OH is 1. The van der Waals surface area contributed by atoms with E-state index in [0.717, 1.165) is 0 Å². The Labute approximate surface area is 116 Å². The van der Waals surface area contributed by atoms with Crippen molar-refractivity contribution in [1.82, 2.24) is 0 Å². The summed E-state index contributed by atoms with van der Waals surface area (Å²) in [5.41, 5.74) is 0.901. The summed E-state index contributed by atoms with van der Waals surface area (Å²) < 4.78 is 28.8. The number of rotatable bonds is 6. The van der Waals surface area contributed by atoms with Crippen LogP contribution in [0.4, 0.5) is 14.5 Å². The van der Waals surface area contributed by atoms with Crippen LogP contribution in [0, 0.1) is 12.8 Å². The smallest absolute Gasteiger partial charge is 0.387 e. The topological polar surface area (TPSA) is 58.6 Å². The number of benzene rings is 1. The van der Waals surface area contributed by atoms with Crippen molar-refractivity contribution in [2.24, 2.45) is 5.92 Å². The van der Waals surface area contributed by atoms with Gasteiger partial charge in [0.2, 0.25) is 5.91 Å². The van der Waals surface area contributed by atoms with Gasteiger partial charge in [-0.1, -0.05) is 19.9 Å². The Hall–Kier alpha value is -1.69. The average molecular weight is 287 g/mol. The number of nitrogens with one attached hydrogen (secondary N) is 1. The Morgan fingerprint density at radius 3 is 2.60 bits per heavy atom. The second-order valence-electron chi connectivity index (χ2n) is 4.92. The van der Waals surface area contributed by atoms with E-state index in [0.29, 0.717) is 11.3 Å². The van der Waals surface area contributed by atoms with Crippen molar-refractivity contribution in [2.75, 3.05) is 5.32 Å². The molecule has 1 unspecified atom stereocenters. The summed E-state index contributed by atoms with van der Waals surface area (Å²) in [5.74, 6) is -0.392. The van der Waals surface area contributed by atoms with Crippen LogP contribution in [-0.4, -0.2) is 23.7 Å². The number of amides is 1. The maximum Gasteiger partial charge on any atom is 0.387 e. The maximum absolute atomic E-state index is 12.2. The normalized spacial score (nSPS) is 12.6. The summed E-state index contributed by atoms with van der Waals surface area (Å²) in [4.78, 5) is 11.7. The highest BCUT2D eigenvalue weighted by atomic mass is 19.3. The zero-order valence-corrected chi connectivity index (χ0v) is 11.7. The molecule has 112 valence electrons. The van der Waals surface area contributed by atoms with Gasteiger partial charge in [-0.05, 0) is 24.5 Å². The molecule has 0 radical (unpaired) electrons. The molecule has 0 aliphatic rings. The quantitative estimate of drug-likeness (QED) is 0.845. The van der Waals surface area contributed by atoms with E-state index < -0.39 is 12.7 Å². The van der Waals surface area contributed by atoms with E-state index in [-0.39, 0.29) is 24.0 Å². The zero-order valence-electron chi connectivity index (χ0n) is 11.7. The molecule has 6 heteroatoms. The molecule has 1 atom stereocenters. The number of hydrogen-bond acceptors (Lipinski definition) is 3. The minimum absolute atomic E-state index is 0.0159. The highest BCUT2D eigenvalue weighted by Crippen LogP contribution is 2.24. The number of aryl methyl sites for hydroxylation is 1. The van der Waals surface area contributed by atoms with E-state index in [1.807, 2.05) is 0 Å². The summed E-state index contributed by atoms with van der Waals surface area (Å²) in [6.07, 6.45) is -0.784. The molecule has 0 spiro atoms. The third-order valence-electron chi connectivity index (χ3n) is 2.85. The minimum Gasteiger partial charge on any atom is -0.434 e. The van der Waals surface area contributed by atoms with Crippen LogP contribution in [0.25, 0.3) is 0 Å². The Morgan fingerprint density at radius 1 is 1.40 bits per heavy atom. The predicted octanol–water partition coefficient (Wildman–Crippen LogP) is 2.94. The van der Waals surface area contributed by atoms with Gasteiger partial charge in [0.25, 0.3) is 0 Å². The molecule has 0 aliphatic heterocycles. The van der Waals surface area contributed by atoms with Gasteiger partial charge in [-0.25, -0.2) is 0 Å². The Balaban J connectivity index is 2.70. The monoisotopic (exact) mass is 287 g/mol. The fourth-order valence-corrected chi connectivity index (χ4v) is 1.54. The Bertz CT molecular complexity index is 464. The number of aliphatic hydroxyl groups is 1. The molecule has 0 saturated heterocycles. The van der Waals surface area contributed by atoms with Crippen LogP contribution < -0.4 is 10.1 Å². The van der Waals surface area contributed by atoms with Crippen LogP contribution in [0.2, 0.25) is 0 Å². The first-order chi connectivity index (χ1) is 9.29. The van der Waals surface area contributed by atoms with Gasteiger partial charge >= 0.3 is 6.61 Å². The summed E-state index contributed by atoms with van der Waals surface area (Å²) >= 11 is 0. The molecule has 0 aromatic heterocycles. The average Bonchev–Trinajstić information content (AvgIpc) is 2.32. The van der Waals surface area contributed by atoms with Gasteiger partial charge in [0.1, 0.15) is 5.75 Å². The first-order valence-corrected chi connectivity index (χ1v) is 6.33. The number of hydrogen-bond donors (Lipinski definition) is 2. The molecule has 4 nitrogen and oxygen atoms in total. The van der Waals surface area contributed by atoms with Crippen LogP contribution >= 0.6 is 0 Å². The van der Waals surface area contributed by atoms with Gasteiger partial charge in [0, 0.05) is 11.8 Å². The first-order valence-electron chi connectivity index (χ1n) is 6.33. The molecule has 1 rings (SSSR count). The maximum atomic E-state index is 12.2. The number of alkyl halides is 2. The van der Waals surface area contributed by atoms with Crippen molar-refractivity contribution in [3.05, 3.63) is 23.8 Å². The molecule has 20 heavy (non-hydrogen) atoms.